The lowest BCUT2D eigenvalue weighted by molar-refractivity contribution is -0.137. The van der Waals surface area contributed by atoms with Crippen molar-refractivity contribution in [2.75, 3.05) is 0 Å². The number of H-pyrrole nitrogens is 1. The van der Waals surface area contributed by atoms with Crippen molar-refractivity contribution in [3.05, 3.63) is 40.0 Å². The highest BCUT2D eigenvalue weighted by molar-refractivity contribution is 7.71. The van der Waals surface area contributed by atoms with Crippen LogP contribution in [0.1, 0.15) is 15.9 Å². The largest absolute Gasteiger partial charge is 0.478 e. The summed E-state index contributed by atoms with van der Waals surface area (Å²) in [6.07, 6.45) is -4.45. The summed E-state index contributed by atoms with van der Waals surface area (Å²) in [7, 11) is 0. The van der Waals surface area contributed by atoms with Crippen LogP contribution in [0.2, 0.25) is 0 Å². The van der Waals surface area contributed by atoms with Crippen LogP contribution in [0.4, 0.5) is 13.2 Å². The number of hydrogen-bond donors (Lipinski definition) is 2. The predicted octanol–water partition coefficient (Wildman–Crippen LogP) is 3.61. The number of carboxylic acids is 1. The van der Waals surface area contributed by atoms with Crippen molar-refractivity contribution in [1.29, 1.82) is 0 Å². The number of rotatable bonds is 1. The van der Waals surface area contributed by atoms with E-state index >= 15 is 0 Å². The first-order valence-electron chi connectivity index (χ1n) is 4.76. The summed E-state index contributed by atoms with van der Waals surface area (Å²) in [6.45, 7) is 0. The molecule has 0 saturated heterocycles. The second-order valence-electron chi connectivity index (χ2n) is 3.62. The van der Waals surface area contributed by atoms with Gasteiger partial charge in [-0.25, -0.2) is 4.79 Å². The van der Waals surface area contributed by atoms with Gasteiger partial charge >= 0.3 is 12.1 Å². The van der Waals surface area contributed by atoms with E-state index in [0.717, 1.165) is 12.1 Å². The van der Waals surface area contributed by atoms with Crippen LogP contribution in [-0.2, 0) is 6.18 Å². The van der Waals surface area contributed by atoms with Crippen LogP contribution in [0.25, 0.3) is 10.9 Å². The molecule has 1 aromatic carbocycles. The lowest BCUT2D eigenvalue weighted by Crippen LogP contribution is -2.05. The van der Waals surface area contributed by atoms with Gasteiger partial charge in [0.15, 0.2) is 0 Å². The lowest BCUT2D eigenvalue weighted by Gasteiger charge is -2.08. The molecule has 0 saturated carbocycles. The fraction of sp³-hybridized carbons (Fsp3) is 0.0909. The summed E-state index contributed by atoms with van der Waals surface area (Å²) in [5.41, 5.74) is -0.805. The molecular formula is C11H6F3NO2S. The van der Waals surface area contributed by atoms with E-state index in [-0.39, 0.29) is 15.7 Å². The van der Waals surface area contributed by atoms with Gasteiger partial charge in [-0.15, -0.1) is 0 Å². The zero-order valence-electron chi connectivity index (χ0n) is 8.71. The van der Waals surface area contributed by atoms with Crippen LogP contribution >= 0.6 is 12.2 Å². The summed E-state index contributed by atoms with van der Waals surface area (Å²) < 4.78 is 37.4. The Bertz CT molecular complexity index is 691. The second kappa shape index (κ2) is 4.09. The number of carbonyl (C=O) groups is 1. The number of halogens is 3. The number of aromatic nitrogens is 1. The quantitative estimate of drug-likeness (QED) is 0.780. The zero-order valence-corrected chi connectivity index (χ0v) is 9.52. The Balaban J connectivity index is 2.71. The van der Waals surface area contributed by atoms with Crippen LogP contribution in [0, 0.1) is 4.64 Å². The highest BCUT2D eigenvalue weighted by atomic mass is 32.1. The van der Waals surface area contributed by atoms with Gasteiger partial charge in [0, 0.05) is 5.52 Å². The van der Waals surface area contributed by atoms with E-state index in [0.29, 0.717) is 5.39 Å². The first-order chi connectivity index (χ1) is 8.29. The monoisotopic (exact) mass is 273 g/mol. The Morgan fingerprint density at radius 2 is 1.94 bits per heavy atom. The van der Waals surface area contributed by atoms with Gasteiger partial charge in [0.05, 0.1) is 11.1 Å². The number of hydrogen-bond acceptors (Lipinski definition) is 2. The number of aromatic amines is 1. The Morgan fingerprint density at radius 3 is 2.50 bits per heavy atom. The zero-order chi connectivity index (χ0) is 13.5. The molecular weight excluding hydrogens is 267 g/mol. The van der Waals surface area contributed by atoms with Crippen LogP contribution in [0.15, 0.2) is 24.3 Å². The second-order valence-corrected chi connectivity index (χ2v) is 4.03. The first kappa shape index (κ1) is 12.6. The molecule has 7 heteroatoms. The van der Waals surface area contributed by atoms with Crippen LogP contribution < -0.4 is 0 Å². The number of carboxylic acid groups (broad SMARTS) is 1. The molecule has 0 aliphatic rings. The van der Waals surface area contributed by atoms with Crippen molar-refractivity contribution < 1.29 is 23.1 Å². The summed E-state index contributed by atoms with van der Waals surface area (Å²) in [5.74, 6) is -1.22. The summed E-state index contributed by atoms with van der Waals surface area (Å²) in [4.78, 5) is 13.3. The van der Waals surface area contributed by atoms with Crippen molar-refractivity contribution in [2.45, 2.75) is 6.18 Å². The summed E-state index contributed by atoms with van der Waals surface area (Å²) >= 11 is 4.77. The molecule has 2 rings (SSSR count). The average Bonchev–Trinajstić information content (AvgIpc) is 2.25. The molecule has 0 spiro atoms. The maximum absolute atomic E-state index is 12.5. The topological polar surface area (TPSA) is 53.1 Å². The molecule has 2 N–H and O–H groups in total. The number of fused-ring (bicyclic) bond motifs is 1. The summed E-state index contributed by atoms with van der Waals surface area (Å²) in [5, 5.41) is 9.20. The van der Waals surface area contributed by atoms with Gasteiger partial charge in [-0.3, -0.25) is 0 Å². The van der Waals surface area contributed by atoms with Crippen LogP contribution in [0.5, 0.6) is 0 Å². The van der Waals surface area contributed by atoms with Gasteiger partial charge in [0.25, 0.3) is 0 Å². The molecule has 0 atom stereocenters. The van der Waals surface area contributed by atoms with Crippen molar-refractivity contribution >= 4 is 29.1 Å². The van der Waals surface area contributed by atoms with E-state index in [1.54, 1.807) is 0 Å². The molecule has 0 bridgehead atoms. The molecule has 2 aromatic rings. The maximum Gasteiger partial charge on any atom is 0.416 e. The van der Waals surface area contributed by atoms with Crippen molar-refractivity contribution in [3.8, 4) is 0 Å². The van der Waals surface area contributed by atoms with Gasteiger partial charge < -0.3 is 10.1 Å². The molecule has 0 aliphatic heterocycles. The molecule has 0 radical (unpaired) electrons. The van der Waals surface area contributed by atoms with Gasteiger partial charge in [-0.05, 0) is 23.6 Å². The Hall–Kier alpha value is -1.89. The Kier molecular flexibility index (Phi) is 2.86. The van der Waals surface area contributed by atoms with E-state index in [4.69, 9.17) is 17.3 Å². The Morgan fingerprint density at radius 1 is 1.28 bits per heavy atom. The SMILES string of the molecule is O=C(O)c1cc2ccc(C(F)(F)F)cc2[nH]c1=S. The molecule has 3 nitrogen and oxygen atoms in total. The van der Waals surface area contributed by atoms with Gasteiger partial charge in [0.2, 0.25) is 0 Å². The average molecular weight is 273 g/mol. The maximum atomic E-state index is 12.5. The molecule has 1 heterocycles. The van der Waals surface area contributed by atoms with E-state index in [2.05, 4.69) is 4.98 Å². The highest BCUT2D eigenvalue weighted by Crippen LogP contribution is 2.31. The molecule has 94 valence electrons. The van der Waals surface area contributed by atoms with Gasteiger partial charge in [-0.2, -0.15) is 13.2 Å². The van der Waals surface area contributed by atoms with E-state index in [9.17, 15) is 18.0 Å². The van der Waals surface area contributed by atoms with Gasteiger partial charge in [0.1, 0.15) is 4.64 Å². The number of alkyl halides is 3. The lowest BCUT2D eigenvalue weighted by atomic mass is 10.1. The third-order valence-electron chi connectivity index (χ3n) is 2.40. The minimum absolute atomic E-state index is 0.102. The van der Waals surface area contributed by atoms with Crippen molar-refractivity contribution in [3.63, 3.8) is 0 Å². The van der Waals surface area contributed by atoms with Crippen LogP contribution in [-0.4, -0.2) is 16.1 Å². The van der Waals surface area contributed by atoms with E-state index in [1.165, 1.54) is 12.1 Å². The molecule has 0 unspecified atom stereocenters. The minimum Gasteiger partial charge on any atom is -0.478 e. The Labute approximate surface area is 104 Å². The fourth-order valence-electron chi connectivity index (χ4n) is 1.54. The van der Waals surface area contributed by atoms with E-state index in [1.807, 2.05) is 0 Å². The third kappa shape index (κ3) is 2.21. The van der Waals surface area contributed by atoms with Crippen LogP contribution in [0.3, 0.4) is 0 Å². The number of nitrogens with one attached hydrogen (secondary N) is 1. The molecule has 0 amide bonds. The minimum atomic E-state index is -4.45. The third-order valence-corrected chi connectivity index (χ3v) is 2.73. The number of benzene rings is 1. The molecule has 0 aliphatic carbocycles. The first-order valence-corrected chi connectivity index (χ1v) is 5.17. The number of pyridine rings is 1. The smallest absolute Gasteiger partial charge is 0.416 e. The summed E-state index contributed by atoms with van der Waals surface area (Å²) in [6, 6.07) is 4.24. The van der Waals surface area contributed by atoms with Gasteiger partial charge in [-0.1, -0.05) is 18.3 Å². The fourth-order valence-corrected chi connectivity index (χ4v) is 1.79. The standard InChI is InChI=1S/C11H6F3NO2S/c12-11(13,14)6-2-1-5-3-7(10(16)17)9(18)15-8(5)4-6/h1-4H,(H,15,18)(H,16,17). The predicted molar refractivity (Wildman–Crippen MR) is 61.1 cm³/mol. The van der Waals surface area contributed by atoms with Crippen molar-refractivity contribution in [1.82, 2.24) is 4.98 Å². The molecule has 18 heavy (non-hydrogen) atoms. The van der Waals surface area contributed by atoms with E-state index < -0.39 is 17.7 Å². The van der Waals surface area contributed by atoms with Crippen molar-refractivity contribution in [2.24, 2.45) is 0 Å². The molecule has 0 fully saturated rings. The normalized spacial score (nSPS) is 11.7. The molecule has 1 aromatic heterocycles. The highest BCUT2D eigenvalue weighted by Gasteiger charge is 2.30. The number of aromatic carboxylic acids is 1.